The van der Waals surface area contributed by atoms with Gasteiger partial charge in [-0.15, -0.1) is 0 Å². The zero-order valence-electron chi connectivity index (χ0n) is 20.0. The van der Waals surface area contributed by atoms with E-state index in [9.17, 15) is 13.2 Å². The molecule has 2 N–H and O–H groups in total. The molecule has 0 saturated carbocycles. The monoisotopic (exact) mass is 502 g/mol. The Morgan fingerprint density at radius 3 is 2.62 bits per heavy atom. The van der Waals surface area contributed by atoms with E-state index in [-0.39, 0.29) is 10.9 Å². The molecule has 0 radical (unpaired) electrons. The molecular weight excluding hydrogens is 472 g/mol. The fourth-order valence-corrected chi connectivity index (χ4v) is 4.31. The predicted octanol–water partition coefficient (Wildman–Crippen LogP) is 3.76. The Kier molecular flexibility index (Phi) is 7.84. The number of ether oxygens (including phenoxy) is 1. The third-order valence-corrected chi connectivity index (χ3v) is 7.41. The number of carbonyl (C=O) groups excluding carboxylic acids is 1. The Balaban J connectivity index is 1.87. The minimum atomic E-state index is -3.47. The molecule has 0 spiro atoms. The summed E-state index contributed by atoms with van der Waals surface area (Å²) in [6.45, 7) is 9.39. The number of carbonyl (C=O) groups is 1. The third kappa shape index (κ3) is 7.47. The molecule has 3 aromatic rings. The fraction of sp³-hybridized carbons (Fsp3) is 0.364. The summed E-state index contributed by atoms with van der Waals surface area (Å²) in [5.74, 6) is 0.411. The Labute approximate surface area is 200 Å². The van der Waals surface area contributed by atoms with Gasteiger partial charge >= 0.3 is 0 Å². The average Bonchev–Trinajstić information content (AvgIpc) is 3.18. The van der Waals surface area contributed by atoms with Crippen molar-refractivity contribution < 1.29 is 17.9 Å². The number of aromatic nitrogens is 4. The van der Waals surface area contributed by atoms with Crippen LogP contribution in [0.2, 0.25) is 25.7 Å². The van der Waals surface area contributed by atoms with E-state index in [0.29, 0.717) is 41.9 Å². The van der Waals surface area contributed by atoms with Crippen molar-refractivity contribution in [1.82, 2.24) is 19.5 Å². The van der Waals surface area contributed by atoms with E-state index in [1.54, 1.807) is 30.7 Å². The van der Waals surface area contributed by atoms with Gasteiger partial charge in [0.1, 0.15) is 18.4 Å². The van der Waals surface area contributed by atoms with E-state index >= 15 is 0 Å². The summed E-state index contributed by atoms with van der Waals surface area (Å²) in [6.07, 6.45) is 6.21. The van der Waals surface area contributed by atoms with Crippen molar-refractivity contribution in [2.24, 2.45) is 0 Å². The third-order valence-electron chi connectivity index (χ3n) is 4.72. The SMILES string of the molecule is CC(=O)Nc1cc(Nc2cccc(S(C)(=O)=O)n2)c(-c2cn(COCC[Si](C)(C)C)cn2)cn1. The standard InChI is InChI=1S/C22H30N6O4SSi/c1-16(29)25-21-11-18(26-20-7-6-8-22(27-20)33(2,30)31)17(12-23-21)19-13-28(14-24-19)15-32-9-10-34(3,4)5/h6-8,11-14H,9-10,15H2,1-5H3,(H2,23,25,26,27,29). The van der Waals surface area contributed by atoms with Gasteiger partial charge in [0.2, 0.25) is 5.91 Å². The van der Waals surface area contributed by atoms with E-state index in [0.717, 1.165) is 12.3 Å². The van der Waals surface area contributed by atoms with Gasteiger partial charge in [0, 0.05) is 51.9 Å². The molecule has 0 unspecified atom stereocenters. The Morgan fingerprint density at radius 1 is 1.18 bits per heavy atom. The number of hydrogen-bond acceptors (Lipinski definition) is 8. The molecule has 34 heavy (non-hydrogen) atoms. The highest BCUT2D eigenvalue weighted by atomic mass is 32.2. The summed E-state index contributed by atoms with van der Waals surface area (Å²) in [6, 6.07) is 7.42. The van der Waals surface area contributed by atoms with Gasteiger partial charge in [0.25, 0.3) is 0 Å². The second-order valence-electron chi connectivity index (χ2n) is 9.18. The molecular formula is C22H30N6O4SSi. The number of imidazole rings is 1. The van der Waals surface area contributed by atoms with Crippen LogP contribution < -0.4 is 10.6 Å². The maximum Gasteiger partial charge on any atom is 0.222 e. The molecule has 3 heterocycles. The van der Waals surface area contributed by atoms with Crippen LogP contribution in [0, 0.1) is 0 Å². The topological polar surface area (TPSA) is 128 Å². The molecule has 0 atom stereocenters. The van der Waals surface area contributed by atoms with E-state index < -0.39 is 17.9 Å². The smallest absolute Gasteiger partial charge is 0.222 e. The molecule has 0 bridgehead atoms. The van der Waals surface area contributed by atoms with Crippen LogP contribution >= 0.6 is 0 Å². The van der Waals surface area contributed by atoms with Crippen molar-refractivity contribution in [3.63, 3.8) is 0 Å². The van der Waals surface area contributed by atoms with Crippen LogP contribution in [0.3, 0.4) is 0 Å². The van der Waals surface area contributed by atoms with Gasteiger partial charge in [-0.3, -0.25) is 4.79 Å². The molecule has 3 rings (SSSR count). The first-order chi connectivity index (χ1) is 15.9. The quantitative estimate of drug-likeness (QED) is 0.317. The maximum absolute atomic E-state index is 11.9. The summed E-state index contributed by atoms with van der Waals surface area (Å²) in [5.41, 5.74) is 1.85. The van der Waals surface area contributed by atoms with Crippen LogP contribution in [-0.4, -0.2) is 54.8 Å². The summed E-state index contributed by atoms with van der Waals surface area (Å²) in [5, 5.41) is 5.73. The lowest BCUT2D eigenvalue weighted by Gasteiger charge is -2.15. The van der Waals surface area contributed by atoms with Crippen molar-refractivity contribution in [1.29, 1.82) is 0 Å². The van der Waals surface area contributed by atoms with E-state index in [2.05, 4.69) is 45.2 Å². The molecule has 0 saturated heterocycles. The highest BCUT2D eigenvalue weighted by Gasteiger charge is 2.15. The Bertz CT molecular complexity index is 1270. The summed E-state index contributed by atoms with van der Waals surface area (Å²) in [7, 11) is -4.63. The van der Waals surface area contributed by atoms with Gasteiger partial charge in [0.15, 0.2) is 14.9 Å². The van der Waals surface area contributed by atoms with Crippen LogP contribution in [0.25, 0.3) is 11.3 Å². The van der Waals surface area contributed by atoms with Gasteiger partial charge in [-0.25, -0.2) is 23.4 Å². The molecule has 0 aliphatic heterocycles. The van der Waals surface area contributed by atoms with E-state index in [1.807, 2.05) is 10.8 Å². The number of sulfone groups is 1. The van der Waals surface area contributed by atoms with Crippen molar-refractivity contribution in [3.05, 3.63) is 43.0 Å². The van der Waals surface area contributed by atoms with Gasteiger partial charge in [-0.05, 0) is 18.2 Å². The Morgan fingerprint density at radius 2 is 1.94 bits per heavy atom. The second kappa shape index (κ2) is 10.4. The molecule has 0 aromatic carbocycles. The highest BCUT2D eigenvalue weighted by molar-refractivity contribution is 7.90. The normalized spacial score (nSPS) is 11.9. The van der Waals surface area contributed by atoms with Crippen molar-refractivity contribution in [2.75, 3.05) is 23.5 Å². The number of hydrogen-bond donors (Lipinski definition) is 2. The van der Waals surface area contributed by atoms with Gasteiger partial charge in [-0.1, -0.05) is 25.7 Å². The number of nitrogens with zero attached hydrogens (tertiary/aromatic N) is 4. The van der Waals surface area contributed by atoms with Crippen LogP contribution in [-0.2, 0) is 26.1 Å². The Hall–Kier alpha value is -3.09. The number of rotatable bonds is 10. The molecule has 0 aliphatic carbocycles. The second-order valence-corrected chi connectivity index (χ2v) is 16.8. The number of amides is 1. The zero-order valence-corrected chi connectivity index (χ0v) is 21.8. The largest absolute Gasteiger partial charge is 0.361 e. The first kappa shape index (κ1) is 25.5. The lowest BCUT2D eigenvalue weighted by atomic mass is 10.1. The molecule has 1 amide bonds. The van der Waals surface area contributed by atoms with Crippen molar-refractivity contribution in [3.8, 4) is 11.3 Å². The minimum Gasteiger partial charge on any atom is -0.361 e. The molecule has 182 valence electrons. The van der Waals surface area contributed by atoms with Crippen molar-refractivity contribution >= 4 is 41.1 Å². The number of pyridine rings is 2. The average molecular weight is 503 g/mol. The zero-order chi connectivity index (χ0) is 24.9. The van der Waals surface area contributed by atoms with Crippen LogP contribution in [0.1, 0.15) is 6.92 Å². The fourth-order valence-electron chi connectivity index (χ4n) is 2.96. The van der Waals surface area contributed by atoms with Crippen LogP contribution in [0.4, 0.5) is 17.3 Å². The predicted molar refractivity (Wildman–Crippen MR) is 134 cm³/mol. The molecule has 0 fully saturated rings. The molecule has 12 heteroatoms. The summed E-state index contributed by atoms with van der Waals surface area (Å²) < 4.78 is 31.4. The summed E-state index contributed by atoms with van der Waals surface area (Å²) >= 11 is 0. The maximum atomic E-state index is 11.9. The molecule has 0 aliphatic rings. The lowest BCUT2D eigenvalue weighted by Crippen LogP contribution is -2.21. The minimum absolute atomic E-state index is 0.0464. The number of nitrogens with one attached hydrogen (secondary N) is 2. The molecule has 10 nitrogen and oxygen atoms in total. The van der Waals surface area contributed by atoms with Crippen molar-refractivity contribution in [2.45, 2.75) is 44.4 Å². The van der Waals surface area contributed by atoms with Crippen LogP contribution in [0.5, 0.6) is 0 Å². The molecule has 3 aromatic heterocycles. The van der Waals surface area contributed by atoms with E-state index in [4.69, 9.17) is 4.74 Å². The highest BCUT2D eigenvalue weighted by Crippen LogP contribution is 2.30. The van der Waals surface area contributed by atoms with Gasteiger partial charge in [0.05, 0.1) is 17.7 Å². The van der Waals surface area contributed by atoms with Gasteiger partial charge in [-0.2, -0.15) is 0 Å². The van der Waals surface area contributed by atoms with Crippen LogP contribution in [0.15, 0.2) is 48.0 Å². The lowest BCUT2D eigenvalue weighted by molar-refractivity contribution is -0.114. The van der Waals surface area contributed by atoms with E-state index in [1.165, 1.54) is 13.0 Å². The van der Waals surface area contributed by atoms with Gasteiger partial charge < -0.3 is 19.9 Å². The summed E-state index contributed by atoms with van der Waals surface area (Å²) in [4.78, 5) is 24.5. The first-order valence-corrected chi connectivity index (χ1v) is 16.3. The first-order valence-electron chi connectivity index (χ1n) is 10.7. The number of anilines is 3.